The molecule has 0 aliphatic carbocycles. The lowest BCUT2D eigenvalue weighted by Gasteiger charge is -2.14. The molecule has 1 atom stereocenters. The minimum atomic E-state index is -0.713. The van der Waals surface area contributed by atoms with Crippen LogP contribution in [0.1, 0.15) is 25.8 Å². The number of hydrogen-bond acceptors (Lipinski definition) is 6. The fraction of sp³-hybridized carbons (Fsp3) is 0.211. The maximum Gasteiger partial charge on any atom is 0.349 e. The first-order valence-corrected chi connectivity index (χ1v) is 9.54. The van der Waals surface area contributed by atoms with Crippen LogP contribution in [0, 0.1) is 10.1 Å². The van der Waals surface area contributed by atoms with E-state index in [2.05, 4.69) is 26.0 Å². The normalized spacial score (nSPS) is 12.4. The van der Waals surface area contributed by atoms with Crippen molar-refractivity contribution in [2.24, 2.45) is 5.10 Å². The van der Waals surface area contributed by atoms with Gasteiger partial charge in [-0.2, -0.15) is 5.10 Å². The zero-order chi connectivity index (χ0) is 21.1. The molecule has 3 rings (SSSR count). The smallest absolute Gasteiger partial charge is 0.349 e. The Hall–Kier alpha value is -3.27. The van der Waals surface area contributed by atoms with Crippen molar-refractivity contribution in [2.75, 3.05) is 0 Å². The molecule has 0 saturated carbocycles. The average Bonchev–Trinajstić information content (AvgIpc) is 2.69. The molecule has 150 valence electrons. The predicted molar refractivity (Wildman–Crippen MR) is 113 cm³/mol. The molecule has 0 fully saturated rings. The highest BCUT2D eigenvalue weighted by atomic mass is 79.9. The van der Waals surface area contributed by atoms with Gasteiger partial charge in [-0.3, -0.25) is 14.9 Å². The van der Waals surface area contributed by atoms with Gasteiger partial charge in [0, 0.05) is 11.6 Å². The number of rotatable bonds is 6. The molecule has 1 heterocycles. The first kappa shape index (κ1) is 20.5. The Bertz CT molecular complexity index is 1230. The van der Waals surface area contributed by atoms with Crippen LogP contribution >= 0.6 is 15.9 Å². The van der Waals surface area contributed by atoms with E-state index in [-0.39, 0.29) is 17.5 Å². The van der Waals surface area contributed by atoms with E-state index in [0.29, 0.717) is 32.0 Å². The number of halogens is 1. The zero-order valence-corrected chi connectivity index (χ0v) is 17.2. The summed E-state index contributed by atoms with van der Waals surface area (Å²) in [5.74, 6) is 0.113. The average molecular weight is 461 g/mol. The summed E-state index contributed by atoms with van der Waals surface area (Å²) in [7, 11) is 0. The summed E-state index contributed by atoms with van der Waals surface area (Å²) in [6, 6.07) is 9.39. The van der Waals surface area contributed by atoms with Gasteiger partial charge in [0.05, 0.1) is 32.6 Å². The Morgan fingerprint density at radius 3 is 2.76 bits per heavy atom. The van der Waals surface area contributed by atoms with E-state index in [1.807, 2.05) is 13.8 Å². The molecule has 2 aromatic carbocycles. The fourth-order valence-electron chi connectivity index (χ4n) is 2.59. The summed E-state index contributed by atoms with van der Waals surface area (Å²) in [5.41, 5.74) is -0.833. The van der Waals surface area contributed by atoms with E-state index in [9.17, 15) is 19.7 Å². The van der Waals surface area contributed by atoms with Crippen LogP contribution in [0.3, 0.4) is 0 Å². The predicted octanol–water partition coefficient (Wildman–Crippen LogP) is 3.42. The minimum absolute atomic E-state index is 0.113. The number of nitro benzene ring substituents is 1. The van der Waals surface area contributed by atoms with Gasteiger partial charge >= 0.3 is 11.4 Å². The Labute approximate surface area is 172 Å². The fourth-order valence-corrected chi connectivity index (χ4v) is 3.15. The molecule has 0 amide bonds. The lowest BCUT2D eigenvalue weighted by atomic mass is 10.2. The lowest BCUT2D eigenvalue weighted by Crippen LogP contribution is -2.32. The molecule has 0 unspecified atom stereocenters. The molecule has 3 aromatic rings. The highest BCUT2D eigenvalue weighted by Gasteiger charge is 2.21. The van der Waals surface area contributed by atoms with Crippen LogP contribution < -0.4 is 16.0 Å². The molecular weight excluding hydrogens is 444 g/mol. The summed E-state index contributed by atoms with van der Waals surface area (Å²) in [5, 5.41) is 15.7. The number of nitrogens with one attached hydrogen (secondary N) is 1. The molecular formula is C19H17BrN4O5. The maximum atomic E-state index is 12.5. The monoisotopic (exact) mass is 460 g/mol. The van der Waals surface area contributed by atoms with Crippen molar-refractivity contribution in [3.63, 3.8) is 0 Å². The molecule has 0 saturated heterocycles. The zero-order valence-electron chi connectivity index (χ0n) is 15.6. The second kappa shape index (κ2) is 8.39. The van der Waals surface area contributed by atoms with Crippen molar-refractivity contribution in [3.8, 4) is 5.75 Å². The Balaban J connectivity index is 2.06. The highest BCUT2D eigenvalue weighted by Crippen LogP contribution is 2.37. The first-order chi connectivity index (χ1) is 13.8. The van der Waals surface area contributed by atoms with Gasteiger partial charge in [0.25, 0.3) is 5.56 Å². The molecule has 9 nitrogen and oxygen atoms in total. The number of para-hydroxylation sites is 1. The van der Waals surface area contributed by atoms with Crippen molar-refractivity contribution in [3.05, 3.63) is 77.4 Å². The summed E-state index contributed by atoms with van der Waals surface area (Å²) < 4.78 is 6.69. The standard InChI is InChI=1S/C19H17BrN4O5/c1-3-11(2)29-17-14(20)8-12(9-16(17)24(27)28)10-21-23-18(25)13-6-4-5-7-15(13)22-19(23)26/h4-11H,3H2,1-2H3,(H,22,26)/t11-/m1/s1. The van der Waals surface area contributed by atoms with Crippen molar-refractivity contribution in [1.82, 2.24) is 9.66 Å². The van der Waals surface area contributed by atoms with Crippen LogP contribution in [0.5, 0.6) is 5.75 Å². The summed E-state index contributed by atoms with van der Waals surface area (Å²) >= 11 is 3.28. The molecule has 0 spiro atoms. The third kappa shape index (κ3) is 4.27. The van der Waals surface area contributed by atoms with E-state index in [0.717, 1.165) is 0 Å². The van der Waals surface area contributed by atoms with Crippen molar-refractivity contribution in [2.45, 2.75) is 26.4 Å². The topological polar surface area (TPSA) is 120 Å². The van der Waals surface area contributed by atoms with Crippen LogP contribution in [0.25, 0.3) is 10.9 Å². The van der Waals surface area contributed by atoms with E-state index < -0.39 is 16.2 Å². The number of hydrogen-bond donors (Lipinski definition) is 1. The number of aromatic amines is 1. The van der Waals surface area contributed by atoms with Crippen LogP contribution in [0.4, 0.5) is 5.69 Å². The largest absolute Gasteiger partial charge is 0.483 e. The molecule has 29 heavy (non-hydrogen) atoms. The number of H-pyrrole nitrogens is 1. The third-order valence-corrected chi connectivity index (χ3v) is 4.83. The summed E-state index contributed by atoms with van der Waals surface area (Å²) in [6.45, 7) is 3.72. The highest BCUT2D eigenvalue weighted by molar-refractivity contribution is 9.10. The Kier molecular flexibility index (Phi) is 5.92. The second-order valence-electron chi connectivity index (χ2n) is 6.28. The SMILES string of the molecule is CC[C@@H](C)Oc1c(Br)cc(C=Nn2c(=O)[nH]c3ccccc3c2=O)cc1[N+](=O)[O-]. The van der Waals surface area contributed by atoms with Crippen LogP contribution in [0.15, 0.2) is 55.6 Å². The Morgan fingerprint density at radius 1 is 1.34 bits per heavy atom. The van der Waals surface area contributed by atoms with Gasteiger partial charge in [0.2, 0.25) is 5.75 Å². The summed E-state index contributed by atoms with van der Waals surface area (Å²) in [4.78, 5) is 38.2. The summed E-state index contributed by atoms with van der Waals surface area (Å²) in [6.07, 6.45) is 1.68. The van der Waals surface area contributed by atoms with E-state index in [4.69, 9.17) is 4.74 Å². The molecule has 0 aliphatic heterocycles. The molecule has 1 aromatic heterocycles. The van der Waals surface area contributed by atoms with Crippen LogP contribution in [-0.4, -0.2) is 26.9 Å². The number of benzene rings is 2. The van der Waals surface area contributed by atoms with Gasteiger partial charge in [-0.05, 0) is 47.5 Å². The minimum Gasteiger partial charge on any atom is -0.483 e. The van der Waals surface area contributed by atoms with Crippen molar-refractivity contribution < 1.29 is 9.66 Å². The van der Waals surface area contributed by atoms with Gasteiger partial charge in [-0.15, -0.1) is 4.68 Å². The van der Waals surface area contributed by atoms with Crippen LogP contribution in [0.2, 0.25) is 0 Å². The number of fused-ring (bicyclic) bond motifs is 1. The van der Waals surface area contributed by atoms with Gasteiger partial charge in [-0.1, -0.05) is 19.1 Å². The third-order valence-electron chi connectivity index (χ3n) is 4.24. The quantitative estimate of drug-likeness (QED) is 0.343. The number of aromatic nitrogens is 2. The van der Waals surface area contributed by atoms with Crippen molar-refractivity contribution >= 4 is 38.7 Å². The second-order valence-corrected chi connectivity index (χ2v) is 7.14. The lowest BCUT2D eigenvalue weighted by molar-refractivity contribution is -0.386. The van der Waals surface area contributed by atoms with Gasteiger partial charge in [0.15, 0.2) is 0 Å². The molecule has 10 heteroatoms. The number of nitro groups is 1. The van der Waals surface area contributed by atoms with E-state index in [1.54, 1.807) is 30.3 Å². The van der Waals surface area contributed by atoms with E-state index >= 15 is 0 Å². The van der Waals surface area contributed by atoms with Gasteiger partial charge in [-0.25, -0.2) is 4.79 Å². The van der Waals surface area contributed by atoms with E-state index in [1.165, 1.54) is 12.3 Å². The van der Waals surface area contributed by atoms with Gasteiger partial charge in [0.1, 0.15) is 0 Å². The maximum absolute atomic E-state index is 12.5. The van der Waals surface area contributed by atoms with Crippen molar-refractivity contribution in [1.29, 1.82) is 0 Å². The molecule has 0 bridgehead atoms. The number of nitrogens with zero attached hydrogens (tertiary/aromatic N) is 3. The number of ether oxygens (including phenoxy) is 1. The molecule has 0 radical (unpaired) electrons. The first-order valence-electron chi connectivity index (χ1n) is 8.74. The molecule has 1 N–H and O–H groups in total. The van der Waals surface area contributed by atoms with Crippen LogP contribution in [-0.2, 0) is 0 Å². The molecule has 0 aliphatic rings. The Morgan fingerprint density at radius 2 is 2.07 bits per heavy atom. The van der Waals surface area contributed by atoms with Gasteiger partial charge < -0.3 is 9.72 Å².